The van der Waals surface area contributed by atoms with E-state index in [0.717, 1.165) is 24.6 Å². The monoisotopic (exact) mass is 207 g/mol. The largest absolute Gasteiger partial charge is 0.384 e. The first kappa shape index (κ1) is 10.5. The highest BCUT2D eigenvalue weighted by Crippen LogP contribution is 2.29. The van der Waals surface area contributed by atoms with Crippen molar-refractivity contribution in [3.8, 4) is 0 Å². The maximum Gasteiger partial charge on any atom is 0.124 e. The van der Waals surface area contributed by atoms with Crippen molar-refractivity contribution in [2.24, 2.45) is 13.0 Å². The zero-order chi connectivity index (χ0) is 10.8. The van der Waals surface area contributed by atoms with Gasteiger partial charge >= 0.3 is 0 Å². The molecular formula is C12H21N3. The lowest BCUT2D eigenvalue weighted by atomic mass is 9.99. The van der Waals surface area contributed by atoms with E-state index >= 15 is 0 Å². The van der Waals surface area contributed by atoms with Crippen molar-refractivity contribution >= 4 is 5.82 Å². The molecule has 1 fully saturated rings. The van der Waals surface area contributed by atoms with Gasteiger partial charge in [0.25, 0.3) is 0 Å². The number of nitrogens with two attached hydrogens (primary N) is 1. The van der Waals surface area contributed by atoms with Gasteiger partial charge in [-0.05, 0) is 18.8 Å². The molecule has 1 aliphatic carbocycles. The molecule has 0 aliphatic heterocycles. The molecule has 15 heavy (non-hydrogen) atoms. The highest BCUT2D eigenvalue weighted by Gasteiger charge is 2.20. The Kier molecular flexibility index (Phi) is 2.98. The van der Waals surface area contributed by atoms with Gasteiger partial charge in [0.05, 0.1) is 5.69 Å². The van der Waals surface area contributed by atoms with Gasteiger partial charge < -0.3 is 5.73 Å². The topological polar surface area (TPSA) is 43.8 Å². The van der Waals surface area contributed by atoms with Crippen LogP contribution in [0.2, 0.25) is 0 Å². The molecule has 84 valence electrons. The Labute approximate surface area is 91.7 Å². The van der Waals surface area contributed by atoms with Crippen LogP contribution in [-0.4, -0.2) is 9.78 Å². The van der Waals surface area contributed by atoms with Gasteiger partial charge in [0.2, 0.25) is 0 Å². The number of hydrogen-bond donors (Lipinski definition) is 1. The Balaban J connectivity index is 2.15. The van der Waals surface area contributed by atoms with Crippen molar-refractivity contribution in [3.63, 3.8) is 0 Å². The lowest BCUT2D eigenvalue weighted by Crippen LogP contribution is -2.02. The molecule has 1 heterocycles. The second-order valence-corrected chi connectivity index (χ2v) is 4.64. The smallest absolute Gasteiger partial charge is 0.124 e. The van der Waals surface area contributed by atoms with E-state index in [1.54, 1.807) is 0 Å². The third-order valence-corrected chi connectivity index (χ3v) is 3.59. The van der Waals surface area contributed by atoms with Crippen LogP contribution >= 0.6 is 0 Å². The first-order valence-electron chi connectivity index (χ1n) is 6.02. The van der Waals surface area contributed by atoms with Crippen LogP contribution in [0, 0.1) is 5.92 Å². The van der Waals surface area contributed by atoms with Crippen molar-refractivity contribution in [1.82, 2.24) is 9.78 Å². The van der Waals surface area contributed by atoms with E-state index in [1.807, 2.05) is 11.7 Å². The number of hydrogen-bond acceptors (Lipinski definition) is 2. The summed E-state index contributed by atoms with van der Waals surface area (Å²) in [6, 6.07) is 0. The lowest BCUT2D eigenvalue weighted by Gasteiger charge is -2.07. The van der Waals surface area contributed by atoms with Crippen LogP contribution in [-0.2, 0) is 19.9 Å². The minimum absolute atomic E-state index is 0.851. The van der Waals surface area contributed by atoms with E-state index in [1.165, 1.54) is 36.9 Å². The summed E-state index contributed by atoms with van der Waals surface area (Å²) < 4.78 is 1.82. The predicted octanol–water partition coefficient (Wildman–Crippen LogP) is 2.30. The summed E-state index contributed by atoms with van der Waals surface area (Å²) in [6.07, 6.45) is 7.68. The molecule has 2 N–H and O–H groups in total. The van der Waals surface area contributed by atoms with Crippen molar-refractivity contribution in [2.45, 2.75) is 45.4 Å². The molecule has 2 rings (SSSR count). The molecule has 1 aliphatic rings. The zero-order valence-electron chi connectivity index (χ0n) is 9.79. The minimum Gasteiger partial charge on any atom is -0.384 e. The fourth-order valence-corrected chi connectivity index (χ4v) is 2.68. The van der Waals surface area contributed by atoms with E-state index in [0.29, 0.717) is 0 Å². The Morgan fingerprint density at radius 2 is 2.07 bits per heavy atom. The molecule has 1 saturated carbocycles. The first-order chi connectivity index (χ1) is 7.22. The summed E-state index contributed by atoms with van der Waals surface area (Å²) in [5.41, 5.74) is 8.50. The second-order valence-electron chi connectivity index (χ2n) is 4.64. The molecule has 0 atom stereocenters. The average molecular weight is 207 g/mol. The number of aromatic nitrogens is 2. The van der Waals surface area contributed by atoms with Gasteiger partial charge in [-0.15, -0.1) is 0 Å². The fraction of sp³-hybridized carbons (Fsp3) is 0.750. The van der Waals surface area contributed by atoms with E-state index in [4.69, 9.17) is 5.73 Å². The van der Waals surface area contributed by atoms with Crippen LogP contribution < -0.4 is 5.73 Å². The van der Waals surface area contributed by atoms with Gasteiger partial charge in [0.1, 0.15) is 5.82 Å². The molecule has 0 spiro atoms. The highest BCUT2D eigenvalue weighted by atomic mass is 15.3. The van der Waals surface area contributed by atoms with E-state index in [2.05, 4.69) is 12.0 Å². The SMILES string of the molecule is CCc1c(CC2CCCC2)nn(C)c1N. The third kappa shape index (κ3) is 2.01. The van der Waals surface area contributed by atoms with Crippen LogP contribution in [0.15, 0.2) is 0 Å². The third-order valence-electron chi connectivity index (χ3n) is 3.59. The number of nitrogen functional groups attached to an aromatic ring is 1. The number of anilines is 1. The van der Waals surface area contributed by atoms with Crippen LogP contribution in [0.4, 0.5) is 5.82 Å². The van der Waals surface area contributed by atoms with Gasteiger partial charge in [-0.1, -0.05) is 32.6 Å². The number of rotatable bonds is 3. The van der Waals surface area contributed by atoms with Gasteiger partial charge in [0.15, 0.2) is 0 Å². The Hall–Kier alpha value is -0.990. The molecule has 0 amide bonds. The molecule has 0 bridgehead atoms. The summed E-state index contributed by atoms with van der Waals surface area (Å²) in [5, 5.41) is 4.54. The molecule has 1 aromatic heterocycles. The Morgan fingerprint density at radius 1 is 1.40 bits per heavy atom. The van der Waals surface area contributed by atoms with Crippen molar-refractivity contribution < 1.29 is 0 Å². The number of nitrogens with zero attached hydrogens (tertiary/aromatic N) is 2. The molecule has 1 aromatic rings. The average Bonchev–Trinajstić information content (AvgIpc) is 2.78. The Morgan fingerprint density at radius 3 is 2.67 bits per heavy atom. The van der Waals surface area contributed by atoms with Gasteiger partial charge in [-0.25, -0.2) is 0 Å². The van der Waals surface area contributed by atoms with Crippen LogP contribution in [0.1, 0.15) is 43.9 Å². The minimum atomic E-state index is 0.851. The summed E-state index contributed by atoms with van der Waals surface area (Å²) in [7, 11) is 1.94. The van der Waals surface area contributed by atoms with Gasteiger partial charge in [0, 0.05) is 12.6 Å². The van der Waals surface area contributed by atoms with Crippen LogP contribution in [0.3, 0.4) is 0 Å². The van der Waals surface area contributed by atoms with Crippen molar-refractivity contribution in [3.05, 3.63) is 11.3 Å². The summed E-state index contributed by atoms with van der Waals surface area (Å²) >= 11 is 0. The summed E-state index contributed by atoms with van der Waals surface area (Å²) in [6.45, 7) is 2.16. The van der Waals surface area contributed by atoms with Crippen LogP contribution in [0.25, 0.3) is 0 Å². The zero-order valence-corrected chi connectivity index (χ0v) is 9.79. The van der Waals surface area contributed by atoms with E-state index in [9.17, 15) is 0 Å². The first-order valence-corrected chi connectivity index (χ1v) is 6.02. The standard InChI is InChI=1S/C12H21N3/c1-3-10-11(14-15(2)12(10)13)8-9-6-4-5-7-9/h9H,3-8,13H2,1-2H3. The molecule has 0 radical (unpaired) electrons. The molecule has 3 nitrogen and oxygen atoms in total. The molecule has 3 heteroatoms. The van der Waals surface area contributed by atoms with E-state index in [-0.39, 0.29) is 0 Å². The quantitative estimate of drug-likeness (QED) is 0.826. The second kappa shape index (κ2) is 4.25. The maximum absolute atomic E-state index is 5.99. The predicted molar refractivity (Wildman–Crippen MR) is 62.7 cm³/mol. The molecule has 0 saturated heterocycles. The van der Waals surface area contributed by atoms with Gasteiger partial charge in [-0.2, -0.15) is 5.10 Å². The van der Waals surface area contributed by atoms with Crippen molar-refractivity contribution in [1.29, 1.82) is 0 Å². The molecular weight excluding hydrogens is 186 g/mol. The highest BCUT2D eigenvalue weighted by molar-refractivity contribution is 5.43. The van der Waals surface area contributed by atoms with Gasteiger partial charge in [-0.3, -0.25) is 4.68 Å². The summed E-state index contributed by atoms with van der Waals surface area (Å²) in [5.74, 6) is 1.70. The van der Waals surface area contributed by atoms with Crippen molar-refractivity contribution in [2.75, 3.05) is 5.73 Å². The number of aryl methyl sites for hydroxylation is 1. The molecule has 0 unspecified atom stereocenters. The maximum atomic E-state index is 5.99. The summed E-state index contributed by atoms with van der Waals surface area (Å²) in [4.78, 5) is 0. The Bertz CT molecular complexity index is 335. The van der Waals surface area contributed by atoms with Crippen LogP contribution in [0.5, 0.6) is 0 Å². The lowest BCUT2D eigenvalue weighted by molar-refractivity contribution is 0.532. The normalized spacial score (nSPS) is 17.5. The molecule has 0 aromatic carbocycles. The van der Waals surface area contributed by atoms with E-state index < -0.39 is 0 Å². The fourth-order valence-electron chi connectivity index (χ4n) is 2.68.